The average Bonchev–Trinajstić information content (AvgIpc) is 3.25. The van der Waals surface area contributed by atoms with Crippen LogP contribution in [0.2, 0.25) is 0 Å². The van der Waals surface area contributed by atoms with E-state index in [-0.39, 0.29) is 33.5 Å². The van der Waals surface area contributed by atoms with Gasteiger partial charge in [0.1, 0.15) is 38.4 Å². The topological polar surface area (TPSA) is 151 Å². The Hall–Kier alpha value is -3.87. The van der Waals surface area contributed by atoms with E-state index in [4.69, 9.17) is 13.3 Å². The Morgan fingerprint density at radius 3 is 0.742 bits per heavy atom. The zero-order chi connectivity index (χ0) is 49.3. The minimum Gasteiger partial charge on any atom is -0.502 e. The molecule has 0 aromatic carbocycles. The lowest BCUT2D eigenvalue weighted by Gasteiger charge is -2.29. The molecule has 0 saturated heterocycles. The SMILES string of the molecule is CCCCCCCCCCCC[N+](C)(C)Cc1cc(=O)c(O)co1.CCCCCCCCCC[N+](C)(C)Cc1cc(=O)c(O)co1.CCCCCCCC[N+](C)(C)Cc1cc(=O)c(O)co1. The first kappa shape index (κ1) is 60.1. The lowest BCUT2D eigenvalue weighted by molar-refractivity contribution is -0.904. The van der Waals surface area contributed by atoms with E-state index in [0.29, 0.717) is 36.9 Å². The summed E-state index contributed by atoms with van der Waals surface area (Å²) in [4.78, 5) is 34.2. The molecule has 0 aliphatic carbocycles. The molecule has 3 aromatic heterocycles. The van der Waals surface area contributed by atoms with Gasteiger partial charge in [-0.15, -0.1) is 0 Å². The largest absolute Gasteiger partial charge is 0.502 e. The monoisotopic (exact) mass is 931 g/mol. The number of aromatic hydroxyl groups is 3. The van der Waals surface area contributed by atoms with Crippen LogP contribution in [0.3, 0.4) is 0 Å². The Morgan fingerprint density at radius 2 is 0.545 bits per heavy atom. The van der Waals surface area contributed by atoms with Crippen LogP contribution in [0.15, 0.2) is 64.6 Å². The van der Waals surface area contributed by atoms with Gasteiger partial charge >= 0.3 is 0 Å². The van der Waals surface area contributed by atoms with Crippen LogP contribution in [0, 0.1) is 0 Å². The maximum Gasteiger partial charge on any atom is 0.226 e. The molecule has 0 unspecified atom stereocenters. The van der Waals surface area contributed by atoms with Crippen molar-refractivity contribution >= 4 is 0 Å². The van der Waals surface area contributed by atoms with E-state index in [9.17, 15) is 29.7 Å². The molecule has 0 amide bonds. The predicted molar refractivity (Wildman–Crippen MR) is 270 cm³/mol. The summed E-state index contributed by atoms with van der Waals surface area (Å²) < 4.78 is 18.3. The number of hydrogen-bond acceptors (Lipinski definition) is 9. The summed E-state index contributed by atoms with van der Waals surface area (Å²) in [5.41, 5.74) is -1.10. The Morgan fingerprint density at radius 1 is 0.348 bits per heavy atom. The summed E-state index contributed by atoms with van der Waals surface area (Å²) in [6.45, 7) is 12.0. The molecule has 3 N–H and O–H groups in total. The van der Waals surface area contributed by atoms with Crippen molar-refractivity contribution in [2.45, 2.75) is 195 Å². The first-order valence-electron chi connectivity index (χ1n) is 25.7. The van der Waals surface area contributed by atoms with Gasteiger partial charge in [0.15, 0.2) is 34.5 Å². The van der Waals surface area contributed by atoms with Crippen LogP contribution in [-0.2, 0) is 19.6 Å². The molecular formula is C54H96N3O9+3. The van der Waals surface area contributed by atoms with Crippen molar-refractivity contribution in [3.05, 3.63) is 84.9 Å². The van der Waals surface area contributed by atoms with Crippen molar-refractivity contribution in [3.63, 3.8) is 0 Å². The van der Waals surface area contributed by atoms with Crippen molar-refractivity contribution in [2.24, 2.45) is 0 Å². The average molecular weight is 931 g/mol. The van der Waals surface area contributed by atoms with Crippen molar-refractivity contribution < 1.29 is 42.0 Å². The van der Waals surface area contributed by atoms with Crippen molar-refractivity contribution in [3.8, 4) is 17.2 Å². The lowest BCUT2D eigenvalue weighted by Crippen LogP contribution is -2.39. The zero-order valence-corrected chi connectivity index (χ0v) is 43.3. The van der Waals surface area contributed by atoms with E-state index >= 15 is 0 Å². The van der Waals surface area contributed by atoms with Crippen LogP contribution in [0.4, 0.5) is 0 Å². The highest BCUT2D eigenvalue weighted by atomic mass is 16.4. The van der Waals surface area contributed by atoms with Gasteiger partial charge in [0.05, 0.1) is 61.9 Å². The molecule has 378 valence electrons. The van der Waals surface area contributed by atoms with Gasteiger partial charge in [-0.3, -0.25) is 14.4 Å². The minimum absolute atomic E-state index is 0.321. The molecule has 3 heterocycles. The second-order valence-electron chi connectivity index (χ2n) is 20.7. The molecule has 0 bridgehead atoms. The van der Waals surface area contributed by atoms with E-state index in [2.05, 4.69) is 63.1 Å². The van der Waals surface area contributed by atoms with E-state index in [0.717, 1.165) is 51.9 Å². The number of unbranched alkanes of at least 4 members (excludes halogenated alkanes) is 21. The van der Waals surface area contributed by atoms with Gasteiger partial charge in [-0.25, -0.2) is 0 Å². The molecule has 0 spiro atoms. The number of hydrogen-bond donors (Lipinski definition) is 3. The van der Waals surface area contributed by atoms with E-state index in [1.807, 2.05) is 0 Å². The van der Waals surface area contributed by atoms with Crippen LogP contribution < -0.4 is 16.3 Å². The molecular weight excluding hydrogens is 835 g/mol. The Labute approximate surface area is 399 Å². The molecule has 0 aliphatic heterocycles. The number of nitrogens with zero attached hydrogens (tertiary/aromatic N) is 3. The highest BCUT2D eigenvalue weighted by Gasteiger charge is 2.20. The standard InChI is InChI=1S/C20H35NO3.C18H31NO3.C16H27NO3/c1-4-5-6-7-8-9-10-11-12-13-14-21(2,3)16-18-15-19(22)20(23)17-24-18;1-4-5-6-7-8-9-10-11-12-19(2,3)14-16-13-17(20)18(21)15-22-16;1-4-5-6-7-8-9-10-17(2,3)12-14-11-15(18)16(19)13-20-14/h15,17H,4-14,16H2,1-3H3;13,15H,4-12,14H2,1-3H3;11,13H,4-10,12H2,1-3H3/p+3. The molecule has 0 radical (unpaired) electrons. The molecule has 12 nitrogen and oxygen atoms in total. The lowest BCUT2D eigenvalue weighted by atomic mass is 10.1. The second-order valence-corrected chi connectivity index (χ2v) is 20.7. The second kappa shape index (κ2) is 34.4. The van der Waals surface area contributed by atoms with Gasteiger partial charge in [-0.1, -0.05) is 136 Å². The molecule has 0 atom stereocenters. The van der Waals surface area contributed by atoms with Gasteiger partial charge in [0.25, 0.3) is 0 Å². The van der Waals surface area contributed by atoms with Crippen LogP contribution in [0.1, 0.15) is 192 Å². The van der Waals surface area contributed by atoms with Gasteiger partial charge in [-0.2, -0.15) is 0 Å². The summed E-state index contributed by atoms with van der Waals surface area (Å²) in [6.07, 6.45) is 35.1. The number of rotatable bonds is 33. The van der Waals surface area contributed by atoms with E-state index in [1.54, 1.807) is 0 Å². The molecule has 3 aromatic rings. The van der Waals surface area contributed by atoms with Crippen LogP contribution in [0.25, 0.3) is 0 Å². The highest BCUT2D eigenvalue weighted by Crippen LogP contribution is 2.17. The third-order valence-corrected chi connectivity index (χ3v) is 12.2. The minimum atomic E-state index is -0.370. The fraction of sp³-hybridized carbons (Fsp3) is 0.722. The Bertz CT molecular complexity index is 1860. The van der Waals surface area contributed by atoms with Gasteiger partial charge in [0.2, 0.25) is 16.3 Å². The molecule has 66 heavy (non-hydrogen) atoms. The Kier molecular flexibility index (Phi) is 31.4. The van der Waals surface area contributed by atoms with Crippen LogP contribution in [-0.4, -0.2) is 90.7 Å². The summed E-state index contributed by atoms with van der Waals surface area (Å²) in [6, 6.07) is 4.17. The normalized spacial score (nSPS) is 11.8. The fourth-order valence-electron chi connectivity index (χ4n) is 8.10. The fourth-order valence-corrected chi connectivity index (χ4v) is 8.10. The predicted octanol–water partition coefficient (Wildman–Crippen LogP) is 12.2. The van der Waals surface area contributed by atoms with Crippen molar-refractivity contribution in [2.75, 3.05) is 61.9 Å². The third-order valence-electron chi connectivity index (χ3n) is 12.2. The molecule has 0 aliphatic rings. The Balaban J connectivity index is 0.000000497. The molecule has 3 rings (SSSR count). The zero-order valence-electron chi connectivity index (χ0n) is 43.3. The van der Waals surface area contributed by atoms with Crippen molar-refractivity contribution in [1.29, 1.82) is 0 Å². The van der Waals surface area contributed by atoms with Crippen molar-refractivity contribution in [1.82, 2.24) is 0 Å². The molecule has 0 fully saturated rings. The first-order valence-corrected chi connectivity index (χ1v) is 25.7. The van der Waals surface area contributed by atoms with E-state index < -0.39 is 0 Å². The maximum atomic E-state index is 11.5. The van der Waals surface area contributed by atoms with Gasteiger partial charge < -0.3 is 42.0 Å². The first-order chi connectivity index (χ1) is 31.3. The van der Waals surface area contributed by atoms with Crippen LogP contribution in [0.5, 0.6) is 17.2 Å². The quantitative estimate of drug-likeness (QED) is 0.0400. The summed E-state index contributed by atoms with van der Waals surface area (Å²) in [5, 5.41) is 27.6. The summed E-state index contributed by atoms with van der Waals surface area (Å²) in [7, 11) is 12.9. The van der Waals surface area contributed by atoms with Gasteiger partial charge in [-0.05, 0) is 38.5 Å². The summed E-state index contributed by atoms with van der Waals surface area (Å²) in [5.74, 6) is 0.928. The summed E-state index contributed by atoms with van der Waals surface area (Å²) >= 11 is 0. The van der Waals surface area contributed by atoms with Gasteiger partial charge in [0, 0.05) is 18.2 Å². The maximum absolute atomic E-state index is 11.5. The highest BCUT2D eigenvalue weighted by molar-refractivity contribution is 5.16. The number of quaternary nitrogens is 3. The van der Waals surface area contributed by atoms with Crippen LogP contribution >= 0.6 is 0 Å². The molecule has 0 saturated carbocycles. The third kappa shape index (κ3) is 30.4. The van der Waals surface area contributed by atoms with E-state index in [1.165, 1.54) is 172 Å². The molecule has 12 heteroatoms. The smallest absolute Gasteiger partial charge is 0.226 e.